The molecule has 2 nitrogen and oxygen atoms in total. The van der Waals surface area contributed by atoms with Crippen LogP contribution in [0.4, 0.5) is 0 Å². The molecule has 21 heavy (non-hydrogen) atoms. The summed E-state index contributed by atoms with van der Waals surface area (Å²) in [5, 5.41) is 3.68. The minimum absolute atomic E-state index is 0.754. The van der Waals surface area contributed by atoms with Gasteiger partial charge in [0.15, 0.2) is 0 Å². The molecule has 2 heteroatoms. The van der Waals surface area contributed by atoms with Crippen LogP contribution in [0.15, 0.2) is 18.2 Å². The van der Waals surface area contributed by atoms with E-state index in [0.717, 1.165) is 18.6 Å². The Kier molecular flexibility index (Phi) is 6.25. The molecule has 1 aromatic carbocycles. The maximum atomic E-state index is 3.68. The van der Waals surface area contributed by atoms with Crippen molar-refractivity contribution in [3.05, 3.63) is 34.9 Å². The van der Waals surface area contributed by atoms with E-state index in [1.807, 2.05) is 0 Å². The number of hydrogen-bond acceptors (Lipinski definition) is 2. The van der Waals surface area contributed by atoms with Crippen molar-refractivity contribution in [3.63, 3.8) is 0 Å². The van der Waals surface area contributed by atoms with Crippen molar-refractivity contribution < 1.29 is 0 Å². The second-order valence-corrected chi connectivity index (χ2v) is 6.80. The molecule has 0 aromatic heterocycles. The zero-order valence-electron chi connectivity index (χ0n) is 14.3. The van der Waals surface area contributed by atoms with Gasteiger partial charge in [0.25, 0.3) is 0 Å². The minimum atomic E-state index is 0.754. The zero-order valence-corrected chi connectivity index (χ0v) is 14.3. The van der Waals surface area contributed by atoms with Gasteiger partial charge in [0.05, 0.1) is 0 Å². The molecular formula is C19H32N2. The Morgan fingerprint density at radius 2 is 1.86 bits per heavy atom. The quantitative estimate of drug-likeness (QED) is 0.849. The highest BCUT2D eigenvalue weighted by Gasteiger charge is 2.23. The van der Waals surface area contributed by atoms with Gasteiger partial charge in [-0.1, -0.05) is 30.7 Å². The number of hydrogen-bond donors (Lipinski definition) is 1. The van der Waals surface area contributed by atoms with Gasteiger partial charge >= 0.3 is 0 Å². The summed E-state index contributed by atoms with van der Waals surface area (Å²) in [5.41, 5.74) is 4.28. The molecule has 2 rings (SSSR count). The van der Waals surface area contributed by atoms with Crippen LogP contribution >= 0.6 is 0 Å². The molecule has 1 N–H and O–H groups in total. The third kappa shape index (κ3) is 4.82. The van der Waals surface area contributed by atoms with E-state index in [2.05, 4.69) is 56.2 Å². The summed E-state index contributed by atoms with van der Waals surface area (Å²) in [7, 11) is 2.30. The lowest BCUT2D eigenvalue weighted by Crippen LogP contribution is -2.40. The number of rotatable bonds is 6. The molecule has 0 amide bonds. The average molecular weight is 288 g/mol. The first kappa shape index (κ1) is 16.5. The highest BCUT2D eigenvalue weighted by Crippen LogP contribution is 2.24. The molecular weight excluding hydrogens is 256 g/mol. The van der Waals surface area contributed by atoms with E-state index in [1.165, 1.54) is 55.3 Å². The molecule has 1 aromatic rings. The summed E-state index contributed by atoms with van der Waals surface area (Å²) < 4.78 is 0. The first-order valence-corrected chi connectivity index (χ1v) is 8.60. The molecule has 0 radical (unpaired) electrons. The lowest BCUT2D eigenvalue weighted by atomic mass is 9.90. The Hall–Kier alpha value is -0.860. The van der Waals surface area contributed by atoms with Crippen LogP contribution in [0.3, 0.4) is 0 Å². The van der Waals surface area contributed by atoms with Crippen LogP contribution in [-0.2, 0) is 6.54 Å². The van der Waals surface area contributed by atoms with Gasteiger partial charge in [-0.15, -0.1) is 0 Å². The van der Waals surface area contributed by atoms with Crippen LogP contribution in [0, 0.1) is 13.8 Å². The average Bonchev–Trinajstić information content (AvgIpc) is 2.49. The summed E-state index contributed by atoms with van der Waals surface area (Å²) in [5.74, 6) is 0. The molecule has 0 saturated heterocycles. The maximum absolute atomic E-state index is 3.68. The lowest BCUT2D eigenvalue weighted by molar-refractivity contribution is 0.167. The standard InChI is InChI=1S/C19H32N2/c1-5-12-20-18-8-10-19(11-9-18)21(4)14-17-13-15(2)6-7-16(17)3/h6-7,13,18-20H,5,8-12,14H2,1-4H3. The van der Waals surface area contributed by atoms with Gasteiger partial charge in [0.2, 0.25) is 0 Å². The minimum Gasteiger partial charge on any atom is -0.314 e. The SMILES string of the molecule is CCCNC1CCC(N(C)Cc2cc(C)ccc2C)CC1. The molecule has 0 atom stereocenters. The van der Waals surface area contributed by atoms with Crippen molar-refractivity contribution in [3.8, 4) is 0 Å². The van der Waals surface area contributed by atoms with Gasteiger partial charge in [-0.3, -0.25) is 4.90 Å². The van der Waals surface area contributed by atoms with Crippen LogP contribution in [0.25, 0.3) is 0 Å². The summed E-state index contributed by atoms with van der Waals surface area (Å²) in [4.78, 5) is 2.57. The molecule has 1 aliphatic carbocycles. The number of aryl methyl sites for hydroxylation is 2. The first-order valence-electron chi connectivity index (χ1n) is 8.60. The Morgan fingerprint density at radius 3 is 2.52 bits per heavy atom. The molecule has 1 saturated carbocycles. The van der Waals surface area contributed by atoms with Crippen molar-refractivity contribution >= 4 is 0 Å². The molecule has 0 aliphatic heterocycles. The highest BCUT2D eigenvalue weighted by atomic mass is 15.1. The van der Waals surface area contributed by atoms with Gasteiger partial charge in [0.1, 0.15) is 0 Å². The lowest BCUT2D eigenvalue weighted by Gasteiger charge is -2.35. The van der Waals surface area contributed by atoms with Crippen LogP contribution < -0.4 is 5.32 Å². The van der Waals surface area contributed by atoms with Crippen LogP contribution in [0.5, 0.6) is 0 Å². The second-order valence-electron chi connectivity index (χ2n) is 6.80. The molecule has 1 fully saturated rings. The molecule has 0 unspecified atom stereocenters. The Labute approximate surface area is 130 Å². The summed E-state index contributed by atoms with van der Waals surface area (Å²) >= 11 is 0. The van der Waals surface area contributed by atoms with Gasteiger partial charge in [-0.05, 0) is 70.7 Å². The molecule has 1 aliphatic rings. The predicted molar refractivity (Wildman–Crippen MR) is 91.7 cm³/mol. The van der Waals surface area contributed by atoms with Gasteiger partial charge in [-0.2, -0.15) is 0 Å². The fraction of sp³-hybridized carbons (Fsp3) is 0.684. The fourth-order valence-electron chi connectivity index (χ4n) is 3.44. The highest BCUT2D eigenvalue weighted by molar-refractivity contribution is 5.30. The van der Waals surface area contributed by atoms with Crippen molar-refractivity contribution in [2.45, 2.75) is 71.5 Å². The number of benzene rings is 1. The summed E-state index contributed by atoms with van der Waals surface area (Å²) in [6.07, 6.45) is 6.58. The smallest absolute Gasteiger partial charge is 0.0236 e. The van der Waals surface area contributed by atoms with Crippen molar-refractivity contribution in [2.75, 3.05) is 13.6 Å². The van der Waals surface area contributed by atoms with Crippen molar-refractivity contribution in [1.29, 1.82) is 0 Å². The van der Waals surface area contributed by atoms with Crippen LogP contribution in [0.2, 0.25) is 0 Å². The van der Waals surface area contributed by atoms with E-state index in [4.69, 9.17) is 0 Å². The van der Waals surface area contributed by atoms with Crippen LogP contribution in [0.1, 0.15) is 55.7 Å². The molecule has 0 heterocycles. The second kappa shape index (κ2) is 7.95. The Bertz CT molecular complexity index is 433. The number of nitrogens with one attached hydrogen (secondary N) is 1. The van der Waals surface area contributed by atoms with E-state index < -0.39 is 0 Å². The first-order chi connectivity index (χ1) is 10.1. The third-order valence-corrected chi connectivity index (χ3v) is 4.93. The largest absolute Gasteiger partial charge is 0.314 e. The van der Waals surface area contributed by atoms with E-state index in [9.17, 15) is 0 Å². The van der Waals surface area contributed by atoms with Gasteiger partial charge < -0.3 is 5.32 Å². The molecule has 0 bridgehead atoms. The van der Waals surface area contributed by atoms with E-state index in [1.54, 1.807) is 0 Å². The Morgan fingerprint density at radius 1 is 1.14 bits per heavy atom. The van der Waals surface area contributed by atoms with E-state index in [0.29, 0.717) is 0 Å². The Balaban J connectivity index is 1.84. The molecule has 118 valence electrons. The predicted octanol–water partition coefficient (Wildman–Crippen LogP) is 4.05. The van der Waals surface area contributed by atoms with Crippen molar-refractivity contribution in [1.82, 2.24) is 10.2 Å². The van der Waals surface area contributed by atoms with Crippen molar-refractivity contribution in [2.24, 2.45) is 0 Å². The maximum Gasteiger partial charge on any atom is 0.0236 e. The normalized spacial score (nSPS) is 22.7. The summed E-state index contributed by atoms with van der Waals surface area (Å²) in [6.45, 7) is 8.93. The monoisotopic (exact) mass is 288 g/mol. The van der Waals surface area contributed by atoms with E-state index in [-0.39, 0.29) is 0 Å². The molecule has 0 spiro atoms. The van der Waals surface area contributed by atoms with Gasteiger partial charge in [0, 0.05) is 18.6 Å². The topological polar surface area (TPSA) is 15.3 Å². The van der Waals surface area contributed by atoms with Crippen LogP contribution in [-0.4, -0.2) is 30.6 Å². The van der Waals surface area contributed by atoms with E-state index >= 15 is 0 Å². The zero-order chi connectivity index (χ0) is 15.2. The van der Waals surface area contributed by atoms with Gasteiger partial charge in [-0.25, -0.2) is 0 Å². The number of nitrogens with zero attached hydrogens (tertiary/aromatic N) is 1. The fourth-order valence-corrected chi connectivity index (χ4v) is 3.44. The summed E-state index contributed by atoms with van der Waals surface area (Å²) in [6, 6.07) is 8.33. The third-order valence-electron chi connectivity index (χ3n) is 4.93.